The third-order valence-corrected chi connectivity index (χ3v) is 6.92. The van der Waals surface area contributed by atoms with Gasteiger partial charge in [-0.2, -0.15) is 0 Å². The maximum atomic E-state index is 3.79. The second-order valence-electron chi connectivity index (χ2n) is 8.92. The van der Waals surface area contributed by atoms with Crippen LogP contribution in [0.15, 0.2) is 66.7 Å². The Kier molecular flexibility index (Phi) is 7.21. The molecular weight excluding hydrogens is 376 g/mol. The Morgan fingerprint density at radius 1 is 0.774 bits per heavy atom. The van der Waals surface area contributed by atoms with Crippen molar-refractivity contribution in [3.63, 3.8) is 0 Å². The van der Waals surface area contributed by atoms with Crippen LogP contribution in [-0.2, 0) is 13.1 Å². The molecule has 0 aromatic heterocycles. The minimum atomic E-state index is 0.384. The molecule has 0 aliphatic carbocycles. The van der Waals surface area contributed by atoms with Crippen LogP contribution >= 0.6 is 0 Å². The molecule has 2 heteroatoms. The lowest BCUT2D eigenvalue weighted by atomic mass is 9.91. The van der Waals surface area contributed by atoms with Crippen molar-refractivity contribution in [1.82, 2.24) is 10.2 Å². The van der Waals surface area contributed by atoms with Crippen LogP contribution in [-0.4, -0.2) is 18.0 Å². The highest BCUT2D eigenvalue weighted by Gasteiger charge is 2.16. The average Bonchev–Trinajstić information content (AvgIpc) is 3.31. The Bertz CT molecular complexity index is 987. The Morgan fingerprint density at radius 3 is 2.03 bits per heavy atom. The van der Waals surface area contributed by atoms with E-state index in [0.717, 1.165) is 19.5 Å². The molecule has 0 bridgehead atoms. The molecule has 1 unspecified atom stereocenters. The number of rotatable bonds is 8. The first-order valence-electron chi connectivity index (χ1n) is 11.9. The van der Waals surface area contributed by atoms with Crippen LogP contribution in [0.25, 0.3) is 11.1 Å². The van der Waals surface area contributed by atoms with Crippen molar-refractivity contribution in [3.8, 4) is 11.1 Å². The van der Waals surface area contributed by atoms with Crippen LogP contribution in [0.2, 0.25) is 0 Å². The normalized spacial score (nSPS) is 15.3. The predicted molar refractivity (Wildman–Crippen MR) is 132 cm³/mol. The smallest absolute Gasteiger partial charge is 0.0320 e. The number of likely N-dealkylation sites (tertiary alicyclic amines) is 1. The van der Waals surface area contributed by atoms with Crippen LogP contribution in [0, 0.1) is 13.8 Å². The summed E-state index contributed by atoms with van der Waals surface area (Å²) < 4.78 is 0. The Hall–Kier alpha value is -2.42. The fraction of sp³-hybridized carbons (Fsp3) is 0.379. The lowest BCUT2D eigenvalue weighted by Crippen LogP contribution is -2.20. The molecule has 31 heavy (non-hydrogen) atoms. The second-order valence-corrected chi connectivity index (χ2v) is 8.92. The summed E-state index contributed by atoms with van der Waals surface area (Å²) in [6.07, 6.45) is 3.77. The summed E-state index contributed by atoms with van der Waals surface area (Å²) in [5, 5.41) is 3.79. The molecule has 0 amide bonds. The van der Waals surface area contributed by atoms with Gasteiger partial charge in [-0.15, -0.1) is 0 Å². The molecule has 1 aliphatic rings. The van der Waals surface area contributed by atoms with E-state index in [0.29, 0.717) is 6.04 Å². The van der Waals surface area contributed by atoms with E-state index in [2.05, 4.69) is 97.7 Å². The summed E-state index contributed by atoms with van der Waals surface area (Å²) in [7, 11) is 0. The standard InChI is InChI=1S/C29H36N2/c1-4-29(24-12-6-5-7-13-24)30-20-25-14-10-16-27(22(25)2)28-17-11-15-26(23(28)3)21-31-18-8-9-19-31/h5-7,10-17,29-30H,4,8-9,18-21H2,1-3H3. The molecule has 3 aromatic carbocycles. The van der Waals surface area contributed by atoms with Crippen LogP contribution in [0.1, 0.15) is 60.0 Å². The van der Waals surface area contributed by atoms with Gasteiger partial charge in [-0.3, -0.25) is 4.90 Å². The minimum Gasteiger partial charge on any atom is -0.306 e. The van der Waals surface area contributed by atoms with E-state index < -0.39 is 0 Å². The van der Waals surface area contributed by atoms with Crippen LogP contribution in [0.4, 0.5) is 0 Å². The van der Waals surface area contributed by atoms with Gasteiger partial charge in [-0.25, -0.2) is 0 Å². The largest absolute Gasteiger partial charge is 0.306 e. The predicted octanol–water partition coefficient (Wildman–Crippen LogP) is 6.81. The van der Waals surface area contributed by atoms with E-state index in [9.17, 15) is 0 Å². The molecule has 0 spiro atoms. The summed E-state index contributed by atoms with van der Waals surface area (Å²) in [6, 6.07) is 24.8. The number of nitrogens with zero attached hydrogens (tertiary/aromatic N) is 1. The zero-order chi connectivity index (χ0) is 21.6. The highest BCUT2D eigenvalue weighted by Crippen LogP contribution is 2.31. The number of nitrogens with one attached hydrogen (secondary N) is 1. The lowest BCUT2D eigenvalue weighted by molar-refractivity contribution is 0.331. The highest BCUT2D eigenvalue weighted by molar-refractivity contribution is 5.72. The average molecular weight is 413 g/mol. The van der Waals surface area contributed by atoms with Gasteiger partial charge in [-0.1, -0.05) is 73.7 Å². The zero-order valence-corrected chi connectivity index (χ0v) is 19.3. The zero-order valence-electron chi connectivity index (χ0n) is 19.3. The van der Waals surface area contributed by atoms with E-state index in [4.69, 9.17) is 0 Å². The van der Waals surface area contributed by atoms with Gasteiger partial charge in [-0.05, 0) is 85.1 Å². The van der Waals surface area contributed by atoms with Crippen LogP contribution in [0.3, 0.4) is 0 Å². The van der Waals surface area contributed by atoms with E-state index in [1.54, 1.807) is 0 Å². The van der Waals surface area contributed by atoms with Gasteiger partial charge >= 0.3 is 0 Å². The van der Waals surface area contributed by atoms with Gasteiger partial charge in [0.05, 0.1) is 0 Å². The van der Waals surface area contributed by atoms with E-state index in [1.165, 1.54) is 64.9 Å². The highest BCUT2D eigenvalue weighted by atomic mass is 15.1. The topological polar surface area (TPSA) is 15.3 Å². The summed E-state index contributed by atoms with van der Waals surface area (Å²) in [5.74, 6) is 0. The van der Waals surface area contributed by atoms with Crippen molar-refractivity contribution >= 4 is 0 Å². The molecular formula is C29H36N2. The van der Waals surface area contributed by atoms with Crippen molar-refractivity contribution in [3.05, 3.63) is 94.5 Å². The van der Waals surface area contributed by atoms with Gasteiger partial charge in [0, 0.05) is 19.1 Å². The Morgan fingerprint density at radius 2 is 1.39 bits per heavy atom. The summed E-state index contributed by atoms with van der Waals surface area (Å²) >= 11 is 0. The van der Waals surface area contributed by atoms with E-state index in [-0.39, 0.29) is 0 Å². The minimum absolute atomic E-state index is 0.384. The molecule has 1 N–H and O–H groups in total. The fourth-order valence-corrected chi connectivity index (χ4v) is 4.91. The van der Waals surface area contributed by atoms with Gasteiger partial charge < -0.3 is 5.32 Å². The van der Waals surface area contributed by atoms with Crippen LogP contribution < -0.4 is 5.32 Å². The van der Waals surface area contributed by atoms with Gasteiger partial charge in [0.1, 0.15) is 0 Å². The van der Waals surface area contributed by atoms with Gasteiger partial charge in [0.15, 0.2) is 0 Å². The molecule has 162 valence electrons. The molecule has 1 aliphatic heterocycles. The summed E-state index contributed by atoms with van der Waals surface area (Å²) in [5.41, 5.74) is 9.79. The van der Waals surface area contributed by atoms with Gasteiger partial charge in [0.2, 0.25) is 0 Å². The van der Waals surface area contributed by atoms with Crippen molar-refractivity contribution in [1.29, 1.82) is 0 Å². The number of hydrogen-bond donors (Lipinski definition) is 1. The first kappa shape index (κ1) is 21.8. The van der Waals surface area contributed by atoms with E-state index in [1.807, 2.05) is 0 Å². The molecule has 1 fully saturated rings. The Labute approximate surface area is 188 Å². The number of hydrogen-bond acceptors (Lipinski definition) is 2. The molecule has 4 rings (SSSR count). The van der Waals surface area contributed by atoms with Crippen molar-refractivity contribution in [2.75, 3.05) is 13.1 Å². The molecule has 1 heterocycles. The SMILES string of the molecule is CCC(NCc1cccc(-c2cccc(CN3CCCC3)c2C)c1C)c1ccccc1. The monoisotopic (exact) mass is 412 g/mol. The molecule has 2 nitrogen and oxygen atoms in total. The molecule has 1 saturated heterocycles. The maximum absolute atomic E-state index is 3.79. The third kappa shape index (κ3) is 5.08. The first-order chi connectivity index (χ1) is 15.2. The van der Waals surface area contributed by atoms with Crippen molar-refractivity contribution in [2.24, 2.45) is 0 Å². The van der Waals surface area contributed by atoms with Crippen molar-refractivity contribution in [2.45, 2.75) is 59.2 Å². The maximum Gasteiger partial charge on any atom is 0.0320 e. The van der Waals surface area contributed by atoms with Gasteiger partial charge in [0.25, 0.3) is 0 Å². The van der Waals surface area contributed by atoms with Crippen LogP contribution in [0.5, 0.6) is 0 Å². The summed E-state index contributed by atoms with van der Waals surface area (Å²) in [6.45, 7) is 11.3. The van der Waals surface area contributed by atoms with Crippen molar-refractivity contribution < 1.29 is 0 Å². The summed E-state index contributed by atoms with van der Waals surface area (Å²) in [4.78, 5) is 2.59. The quantitative estimate of drug-likeness (QED) is 0.437. The van der Waals surface area contributed by atoms with E-state index >= 15 is 0 Å². The third-order valence-electron chi connectivity index (χ3n) is 6.92. The first-order valence-corrected chi connectivity index (χ1v) is 11.9. The number of benzene rings is 3. The lowest BCUT2D eigenvalue weighted by Gasteiger charge is -2.21. The Balaban J connectivity index is 1.55. The molecule has 1 atom stereocenters. The molecule has 3 aromatic rings. The fourth-order valence-electron chi connectivity index (χ4n) is 4.91. The molecule has 0 saturated carbocycles. The second kappa shape index (κ2) is 10.3. The molecule has 0 radical (unpaired) electrons.